The van der Waals surface area contributed by atoms with Gasteiger partial charge in [0.05, 0.1) is 0 Å². The molecular formula is C15H13NO5. The maximum absolute atomic E-state index is 11.5. The van der Waals surface area contributed by atoms with Crippen LogP contribution in [-0.2, 0) is 14.4 Å². The number of benzene rings is 1. The fourth-order valence-corrected chi connectivity index (χ4v) is 1.16. The van der Waals surface area contributed by atoms with E-state index < -0.39 is 11.9 Å². The largest absolute Gasteiger partial charge is 0.423 e. The third-order valence-corrected chi connectivity index (χ3v) is 2.21. The van der Waals surface area contributed by atoms with Crippen LogP contribution in [0, 0.1) is 0 Å². The summed E-state index contributed by atoms with van der Waals surface area (Å²) < 4.78 is 10.0. The van der Waals surface area contributed by atoms with Crippen LogP contribution in [-0.4, -0.2) is 18.0 Å². The van der Waals surface area contributed by atoms with Gasteiger partial charge in [0, 0.05) is 17.2 Å². The molecule has 0 aliphatic heterocycles. The molecule has 0 radical (unpaired) electrons. The molecular weight excluding hydrogens is 274 g/mol. The Kier molecular flexibility index (Phi) is 5.34. The highest BCUT2D eigenvalue weighted by atomic mass is 16.5. The van der Waals surface area contributed by atoms with Gasteiger partial charge in [0.1, 0.15) is 11.4 Å². The van der Waals surface area contributed by atoms with Crippen LogP contribution in [0.25, 0.3) is 0 Å². The van der Waals surface area contributed by atoms with Crippen molar-refractivity contribution in [3.63, 3.8) is 0 Å². The summed E-state index contributed by atoms with van der Waals surface area (Å²) in [5.41, 5.74) is 0.459. The monoisotopic (exact) mass is 287 g/mol. The van der Waals surface area contributed by atoms with Crippen LogP contribution in [0.3, 0.4) is 0 Å². The van der Waals surface area contributed by atoms with Gasteiger partial charge in [0.2, 0.25) is 6.08 Å². The van der Waals surface area contributed by atoms with E-state index >= 15 is 0 Å². The van der Waals surface area contributed by atoms with Crippen LogP contribution in [0.2, 0.25) is 0 Å². The average molecular weight is 287 g/mol. The van der Waals surface area contributed by atoms with E-state index in [2.05, 4.69) is 18.2 Å². The maximum atomic E-state index is 11.5. The topological polar surface area (TPSA) is 82.0 Å². The van der Waals surface area contributed by atoms with Crippen molar-refractivity contribution in [1.82, 2.24) is 0 Å². The van der Waals surface area contributed by atoms with Crippen LogP contribution in [0.1, 0.15) is 13.8 Å². The molecule has 1 aromatic rings. The minimum absolute atomic E-state index is 0.0432. The van der Waals surface area contributed by atoms with Crippen molar-refractivity contribution >= 4 is 23.7 Å². The van der Waals surface area contributed by atoms with Crippen molar-refractivity contribution in [3.8, 4) is 11.5 Å². The van der Waals surface area contributed by atoms with Gasteiger partial charge in [0.15, 0.2) is 5.75 Å². The predicted octanol–water partition coefficient (Wildman–Crippen LogP) is 2.62. The fourth-order valence-electron chi connectivity index (χ4n) is 1.16. The molecule has 0 atom stereocenters. The maximum Gasteiger partial charge on any atom is 0.338 e. The van der Waals surface area contributed by atoms with Gasteiger partial charge < -0.3 is 9.47 Å². The van der Waals surface area contributed by atoms with Crippen molar-refractivity contribution in [1.29, 1.82) is 0 Å². The molecule has 1 rings (SSSR count). The Bertz CT molecular complexity index is 669. The molecule has 0 aliphatic carbocycles. The number of hydrogen-bond acceptors (Lipinski definition) is 6. The van der Waals surface area contributed by atoms with Gasteiger partial charge >= 0.3 is 11.9 Å². The molecule has 0 heterocycles. The zero-order valence-corrected chi connectivity index (χ0v) is 11.6. The van der Waals surface area contributed by atoms with Crippen LogP contribution >= 0.6 is 0 Å². The van der Waals surface area contributed by atoms with E-state index in [4.69, 9.17) is 9.47 Å². The molecule has 0 amide bonds. The van der Waals surface area contributed by atoms with Crippen molar-refractivity contribution in [2.45, 2.75) is 13.8 Å². The Morgan fingerprint density at radius 3 is 2.19 bits per heavy atom. The highest BCUT2D eigenvalue weighted by Gasteiger charge is 2.13. The number of carbonyl (C=O) groups excluding carboxylic acids is 3. The standard InChI is InChI=1S/C15H13NO5/c1-9(2)14(18)20-11-5-6-12(16-8-17)13(7-11)21-15(19)10(3)4/h5-7H,1,3H2,2,4H3. The quantitative estimate of drug-likeness (QED) is 0.273. The number of rotatable bonds is 5. The zero-order chi connectivity index (χ0) is 16.0. The molecule has 1 aromatic carbocycles. The van der Waals surface area contributed by atoms with E-state index in [0.717, 1.165) is 0 Å². The third kappa shape index (κ3) is 4.56. The Balaban J connectivity index is 3.14. The summed E-state index contributed by atoms with van der Waals surface area (Å²) in [5, 5.41) is 0. The normalized spacial score (nSPS) is 9.24. The summed E-state index contributed by atoms with van der Waals surface area (Å²) in [7, 11) is 0. The fraction of sp³-hybridized carbons (Fsp3) is 0.133. The summed E-state index contributed by atoms with van der Waals surface area (Å²) in [4.78, 5) is 36.7. The van der Waals surface area contributed by atoms with E-state index in [1.807, 2.05) is 0 Å². The van der Waals surface area contributed by atoms with Gasteiger partial charge in [-0.05, 0) is 26.0 Å². The summed E-state index contributed by atoms with van der Waals surface area (Å²) in [6.45, 7) is 9.86. The lowest BCUT2D eigenvalue weighted by molar-refractivity contribution is -0.130. The van der Waals surface area contributed by atoms with E-state index in [1.54, 1.807) is 0 Å². The minimum Gasteiger partial charge on any atom is -0.423 e. The van der Waals surface area contributed by atoms with Gasteiger partial charge in [0.25, 0.3) is 0 Å². The summed E-state index contributed by atoms with van der Waals surface area (Å²) in [6.07, 6.45) is 1.34. The van der Waals surface area contributed by atoms with Crippen LogP contribution in [0.4, 0.5) is 5.69 Å². The van der Waals surface area contributed by atoms with E-state index in [9.17, 15) is 14.4 Å². The second-order valence-electron chi connectivity index (χ2n) is 4.17. The Morgan fingerprint density at radius 1 is 1.10 bits per heavy atom. The molecule has 21 heavy (non-hydrogen) atoms. The SMILES string of the molecule is C=C(C)C(=O)Oc1ccc(N=C=O)c(OC(=O)C(=C)C)c1. The number of carbonyl (C=O) groups is 2. The van der Waals surface area contributed by atoms with E-state index in [0.29, 0.717) is 0 Å². The van der Waals surface area contributed by atoms with Gasteiger partial charge in [-0.2, -0.15) is 4.99 Å². The lowest BCUT2D eigenvalue weighted by atomic mass is 10.2. The number of esters is 2. The average Bonchev–Trinajstić information content (AvgIpc) is 2.41. The molecule has 0 N–H and O–H groups in total. The van der Waals surface area contributed by atoms with Gasteiger partial charge in [-0.1, -0.05) is 13.2 Å². The van der Waals surface area contributed by atoms with Crippen molar-refractivity contribution in [3.05, 3.63) is 42.5 Å². The van der Waals surface area contributed by atoms with Crippen molar-refractivity contribution in [2.24, 2.45) is 4.99 Å². The molecule has 108 valence electrons. The molecule has 0 unspecified atom stereocenters. The first-order chi connectivity index (χ1) is 9.85. The molecule has 0 saturated carbocycles. The molecule has 0 saturated heterocycles. The second-order valence-corrected chi connectivity index (χ2v) is 4.17. The zero-order valence-electron chi connectivity index (χ0n) is 11.6. The first kappa shape index (κ1) is 16.1. The van der Waals surface area contributed by atoms with Crippen LogP contribution in [0.5, 0.6) is 11.5 Å². The van der Waals surface area contributed by atoms with Crippen molar-refractivity contribution < 1.29 is 23.9 Å². The number of ether oxygens (including phenoxy) is 2. The summed E-state index contributed by atoms with van der Waals surface area (Å²) in [6, 6.07) is 4.01. The molecule has 6 nitrogen and oxygen atoms in total. The Labute approximate surface area is 121 Å². The van der Waals surface area contributed by atoms with Gasteiger partial charge in [-0.15, -0.1) is 0 Å². The molecule has 0 bridgehead atoms. The Morgan fingerprint density at radius 2 is 1.67 bits per heavy atom. The summed E-state index contributed by atoms with van der Waals surface area (Å²) >= 11 is 0. The van der Waals surface area contributed by atoms with Crippen LogP contribution in [0.15, 0.2) is 47.5 Å². The number of aliphatic imine (C=N–C) groups is 1. The first-order valence-electron chi connectivity index (χ1n) is 5.82. The molecule has 0 aliphatic rings. The lowest BCUT2D eigenvalue weighted by Crippen LogP contribution is -2.10. The summed E-state index contributed by atoms with van der Waals surface area (Å²) in [5.74, 6) is -1.24. The molecule has 0 fully saturated rings. The van der Waals surface area contributed by atoms with E-state index in [-0.39, 0.29) is 28.3 Å². The minimum atomic E-state index is -0.694. The smallest absolute Gasteiger partial charge is 0.338 e. The number of isocyanates is 1. The Hall–Kier alpha value is -2.98. The molecule has 0 aromatic heterocycles. The number of nitrogens with zero attached hydrogens (tertiary/aromatic N) is 1. The van der Waals surface area contributed by atoms with E-state index in [1.165, 1.54) is 38.1 Å². The highest BCUT2D eigenvalue weighted by molar-refractivity contribution is 5.90. The van der Waals surface area contributed by atoms with Gasteiger partial charge in [-0.3, -0.25) is 0 Å². The molecule has 0 spiro atoms. The van der Waals surface area contributed by atoms with Gasteiger partial charge in [-0.25, -0.2) is 14.4 Å². The number of hydrogen-bond donors (Lipinski definition) is 0. The highest BCUT2D eigenvalue weighted by Crippen LogP contribution is 2.32. The molecule has 6 heteroatoms. The van der Waals surface area contributed by atoms with Crippen LogP contribution < -0.4 is 9.47 Å². The van der Waals surface area contributed by atoms with Crippen molar-refractivity contribution in [2.75, 3.05) is 0 Å². The third-order valence-electron chi connectivity index (χ3n) is 2.21. The predicted molar refractivity (Wildman–Crippen MR) is 75.1 cm³/mol. The second kappa shape index (κ2) is 6.98. The first-order valence-corrected chi connectivity index (χ1v) is 5.82. The lowest BCUT2D eigenvalue weighted by Gasteiger charge is -2.09.